The fourth-order valence-electron chi connectivity index (χ4n) is 1.81. The number of ether oxygens (including phenoxy) is 3. The summed E-state index contributed by atoms with van der Waals surface area (Å²) in [5.74, 6) is 2.36. The first-order chi connectivity index (χ1) is 10.3. The molecule has 0 aliphatic rings. The second-order valence-corrected chi connectivity index (χ2v) is 4.82. The number of benzene rings is 2. The third-order valence-corrected chi connectivity index (χ3v) is 3.03. The lowest BCUT2D eigenvalue weighted by Gasteiger charge is -2.11. The van der Waals surface area contributed by atoms with Crippen LogP contribution in [0.4, 0.5) is 0 Å². The average Bonchev–Trinajstić information content (AvgIpc) is 2.51. The Morgan fingerprint density at radius 3 is 2.10 bits per heavy atom. The molecule has 0 spiro atoms. The molecule has 0 saturated heterocycles. The smallest absolute Gasteiger partial charge is 0.161 e. The molecule has 112 valence electrons. The summed E-state index contributed by atoms with van der Waals surface area (Å²) < 4.78 is 16.8. The first-order valence-corrected chi connectivity index (χ1v) is 7.40. The van der Waals surface area contributed by atoms with Gasteiger partial charge in [-0.15, -0.1) is 0 Å². The van der Waals surface area contributed by atoms with Crippen LogP contribution in [0.15, 0.2) is 48.5 Å². The molecule has 0 N–H and O–H groups in total. The molecule has 0 saturated carbocycles. The summed E-state index contributed by atoms with van der Waals surface area (Å²) in [7, 11) is 0. The maximum absolute atomic E-state index is 5.82. The van der Waals surface area contributed by atoms with Crippen molar-refractivity contribution in [2.24, 2.45) is 0 Å². The van der Waals surface area contributed by atoms with Crippen molar-refractivity contribution in [3.63, 3.8) is 0 Å². The molecular formula is C17H19ClO3. The highest BCUT2D eigenvalue weighted by Gasteiger charge is 2.03. The predicted octanol–water partition coefficient (Wildman–Crippen LogP) is 4.59. The molecule has 0 unspecified atom stereocenters. The number of rotatable bonds is 8. The summed E-state index contributed by atoms with van der Waals surface area (Å²) in [5.41, 5.74) is 0. The lowest BCUT2D eigenvalue weighted by molar-refractivity contribution is 0.236. The van der Waals surface area contributed by atoms with Crippen molar-refractivity contribution in [1.82, 2.24) is 0 Å². The molecule has 0 aliphatic heterocycles. The summed E-state index contributed by atoms with van der Waals surface area (Å²) in [6.07, 6.45) is 0.795. The quantitative estimate of drug-likeness (QED) is 0.668. The van der Waals surface area contributed by atoms with Gasteiger partial charge in [0.05, 0.1) is 19.8 Å². The molecule has 0 aliphatic carbocycles. The normalized spacial score (nSPS) is 10.2. The Labute approximate surface area is 130 Å². The van der Waals surface area contributed by atoms with E-state index in [9.17, 15) is 0 Å². The molecule has 3 nitrogen and oxygen atoms in total. The molecule has 0 fully saturated rings. The van der Waals surface area contributed by atoms with Gasteiger partial charge in [0, 0.05) is 11.4 Å². The van der Waals surface area contributed by atoms with Gasteiger partial charge in [0.2, 0.25) is 0 Å². The van der Waals surface area contributed by atoms with Gasteiger partial charge in [-0.2, -0.15) is 0 Å². The van der Waals surface area contributed by atoms with E-state index in [0.717, 1.165) is 23.7 Å². The topological polar surface area (TPSA) is 27.7 Å². The lowest BCUT2D eigenvalue weighted by atomic mass is 10.3. The van der Waals surface area contributed by atoms with Crippen LogP contribution in [-0.2, 0) is 0 Å². The van der Waals surface area contributed by atoms with Gasteiger partial charge in [0.1, 0.15) is 5.75 Å². The van der Waals surface area contributed by atoms with E-state index in [2.05, 4.69) is 0 Å². The van der Waals surface area contributed by atoms with Gasteiger partial charge in [0.15, 0.2) is 11.5 Å². The lowest BCUT2D eigenvalue weighted by Crippen LogP contribution is -2.06. The largest absolute Gasteiger partial charge is 0.493 e. The average molecular weight is 307 g/mol. The predicted molar refractivity (Wildman–Crippen MR) is 84.7 cm³/mol. The van der Waals surface area contributed by atoms with E-state index in [4.69, 9.17) is 25.8 Å². The standard InChI is InChI=1S/C17H19ClO3/c1-2-19-16-6-3-4-7-17(16)21-13-5-12-20-15-10-8-14(18)9-11-15/h3-4,6-11H,2,5,12-13H2,1H3. The molecule has 0 radical (unpaired) electrons. The fraction of sp³-hybridized carbons (Fsp3) is 0.294. The fourth-order valence-corrected chi connectivity index (χ4v) is 1.93. The molecule has 0 aromatic heterocycles. The molecule has 4 heteroatoms. The zero-order valence-electron chi connectivity index (χ0n) is 12.0. The van der Waals surface area contributed by atoms with Crippen molar-refractivity contribution < 1.29 is 14.2 Å². The number of hydrogen-bond acceptors (Lipinski definition) is 3. The maximum Gasteiger partial charge on any atom is 0.161 e. The van der Waals surface area contributed by atoms with Crippen molar-refractivity contribution in [3.05, 3.63) is 53.6 Å². The minimum absolute atomic E-state index is 0.581. The Bertz CT molecular complexity index is 540. The van der Waals surface area contributed by atoms with E-state index in [1.165, 1.54) is 0 Å². The van der Waals surface area contributed by atoms with Crippen molar-refractivity contribution >= 4 is 11.6 Å². The van der Waals surface area contributed by atoms with Crippen molar-refractivity contribution in [2.45, 2.75) is 13.3 Å². The first-order valence-electron chi connectivity index (χ1n) is 7.02. The Hall–Kier alpha value is -1.87. The van der Waals surface area contributed by atoms with Crippen LogP contribution in [0.1, 0.15) is 13.3 Å². The molecular weight excluding hydrogens is 288 g/mol. The molecule has 0 heterocycles. The van der Waals surface area contributed by atoms with Gasteiger partial charge in [-0.05, 0) is 43.3 Å². The van der Waals surface area contributed by atoms with E-state index < -0.39 is 0 Å². The Kier molecular flexibility index (Phi) is 6.22. The number of para-hydroxylation sites is 2. The zero-order chi connectivity index (χ0) is 14.9. The number of hydrogen-bond donors (Lipinski definition) is 0. The van der Waals surface area contributed by atoms with Crippen LogP contribution < -0.4 is 14.2 Å². The maximum atomic E-state index is 5.82. The molecule has 21 heavy (non-hydrogen) atoms. The van der Waals surface area contributed by atoms with Gasteiger partial charge < -0.3 is 14.2 Å². The van der Waals surface area contributed by atoms with E-state index in [-0.39, 0.29) is 0 Å². The minimum Gasteiger partial charge on any atom is -0.493 e. The summed E-state index contributed by atoms with van der Waals surface area (Å²) >= 11 is 5.82. The molecule has 0 bridgehead atoms. The molecule has 2 rings (SSSR count). The molecule has 0 atom stereocenters. The van der Waals surface area contributed by atoms with Crippen LogP contribution in [0.25, 0.3) is 0 Å². The monoisotopic (exact) mass is 306 g/mol. The van der Waals surface area contributed by atoms with Crippen molar-refractivity contribution in [3.8, 4) is 17.2 Å². The van der Waals surface area contributed by atoms with E-state index in [0.29, 0.717) is 24.8 Å². The third-order valence-electron chi connectivity index (χ3n) is 2.78. The van der Waals surface area contributed by atoms with Crippen LogP contribution in [0.3, 0.4) is 0 Å². The van der Waals surface area contributed by atoms with Gasteiger partial charge >= 0.3 is 0 Å². The summed E-state index contributed by atoms with van der Waals surface area (Å²) in [4.78, 5) is 0. The summed E-state index contributed by atoms with van der Waals surface area (Å²) in [6, 6.07) is 15.0. The van der Waals surface area contributed by atoms with Crippen molar-refractivity contribution in [1.29, 1.82) is 0 Å². The highest BCUT2D eigenvalue weighted by molar-refractivity contribution is 6.30. The zero-order valence-corrected chi connectivity index (χ0v) is 12.8. The van der Waals surface area contributed by atoms with Crippen LogP contribution in [0, 0.1) is 0 Å². The van der Waals surface area contributed by atoms with Crippen LogP contribution in [0.5, 0.6) is 17.2 Å². The SMILES string of the molecule is CCOc1ccccc1OCCCOc1ccc(Cl)cc1. The second kappa shape index (κ2) is 8.42. The molecule has 0 amide bonds. The summed E-state index contributed by atoms with van der Waals surface area (Å²) in [6.45, 7) is 3.76. The van der Waals surface area contributed by atoms with Crippen molar-refractivity contribution in [2.75, 3.05) is 19.8 Å². The van der Waals surface area contributed by atoms with Gasteiger partial charge in [0.25, 0.3) is 0 Å². The van der Waals surface area contributed by atoms with Gasteiger partial charge in [-0.25, -0.2) is 0 Å². The van der Waals surface area contributed by atoms with Gasteiger partial charge in [-0.3, -0.25) is 0 Å². The second-order valence-electron chi connectivity index (χ2n) is 4.38. The van der Waals surface area contributed by atoms with Crippen LogP contribution >= 0.6 is 11.6 Å². The van der Waals surface area contributed by atoms with E-state index in [1.807, 2.05) is 55.5 Å². The highest BCUT2D eigenvalue weighted by Crippen LogP contribution is 2.26. The van der Waals surface area contributed by atoms with Gasteiger partial charge in [-0.1, -0.05) is 23.7 Å². The van der Waals surface area contributed by atoms with E-state index >= 15 is 0 Å². The van der Waals surface area contributed by atoms with Crippen LogP contribution in [-0.4, -0.2) is 19.8 Å². The molecule has 2 aromatic carbocycles. The Morgan fingerprint density at radius 2 is 1.43 bits per heavy atom. The first kappa shape index (κ1) is 15.5. The highest BCUT2D eigenvalue weighted by atomic mass is 35.5. The van der Waals surface area contributed by atoms with Crippen LogP contribution in [0.2, 0.25) is 5.02 Å². The number of halogens is 1. The third kappa shape index (κ3) is 5.20. The Morgan fingerprint density at radius 1 is 0.810 bits per heavy atom. The Balaban J connectivity index is 1.71. The van der Waals surface area contributed by atoms with E-state index in [1.54, 1.807) is 0 Å². The minimum atomic E-state index is 0.581. The summed E-state index contributed by atoms with van der Waals surface area (Å²) in [5, 5.41) is 0.707. The molecule has 2 aromatic rings.